The highest BCUT2D eigenvalue weighted by Gasteiger charge is 2.39. The molecule has 1 heterocycles. The van der Waals surface area contributed by atoms with Crippen LogP contribution in [0.15, 0.2) is 0 Å². The van der Waals surface area contributed by atoms with Crippen LogP contribution >= 0.6 is 0 Å². The maximum atomic E-state index is 11.2. The number of aliphatic hydroxyl groups excluding tert-OH is 3. The molecule has 1 aliphatic rings. The van der Waals surface area contributed by atoms with Crippen molar-refractivity contribution >= 4 is 5.97 Å². The van der Waals surface area contributed by atoms with Crippen LogP contribution in [0, 0.1) is 0 Å². The molecule has 0 bridgehead atoms. The molecule has 4 atom stereocenters. The van der Waals surface area contributed by atoms with Crippen LogP contribution in [0.5, 0.6) is 0 Å². The van der Waals surface area contributed by atoms with Crippen molar-refractivity contribution in [3.05, 3.63) is 0 Å². The number of hydrogen-bond acceptors (Lipinski definition) is 6. The summed E-state index contributed by atoms with van der Waals surface area (Å²) in [5.41, 5.74) is 0. The van der Waals surface area contributed by atoms with Crippen LogP contribution in [0.4, 0.5) is 0 Å². The number of hydrogen-bond donors (Lipinski definition) is 3. The van der Waals surface area contributed by atoms with Gasteiger partial charge >= 0.3 is 5.97 Å². The molecule has 0 aromatic carbocycles. The van der Waals surface area contributed by atoms with E-state index in [1.54, 1.807) is 0 Å². The Morgan fingerprint density at radius 3 is 2.62 bits per heavy atom. The highest BCUT2D eigenvalue weighted by molar-refractivity contribution is 5.74. The maximum Gasteiger partial charge on any atom is 0.335 e. The monoisotopic (exact) mass is 236 g/mol. The molecule has 3 N–H and O–H groups in total. The number of aliphatic hydroxyl groups is 3. The van der Waals surface area contributed by atoms with E-state index in [0.29, 0.717) is 0 Å². The third-order valence-electron chi connectivity index (χ3n) is 2.45. The third-order valence-corrected chi connectivity index (χ3v) is 2.45. The lowest BCUT2D eigenvalue weighted by molar-refractivity contribution is -0.194. The summed E-state index contributed by atoms with van der Waals surface area (Å²) in [6.45, 7) is -0.178. The topological polar surface area (TPSA) is 96.2 Å². The van der Waals surface area contributed by atoms with Crippen LogP contribution < -0.4 is 0 Å². The number of methoxy groups -OCH3 is 1. The van der Waals surface area contributed by atoms with Gasteiger partial charge in [0.2, 0.25) is 0 Å². The molecule has 0 spiro atoms. The lowest BCUT2D eigenvalue weighted by Gasteiger charge is -2.35. The molecule has 1 saturated heterocycles. The van der Waals surface area contributed by atoms with Gasteiger partial charge in [-0.15, -0.1) is 0 Å². The van der Waals surface area contributed by atoms with Crippen molar-refractivity contribution in [2.24, 2.45) is 0 Å². The van der Waals surface area contributed by atoms with Crippen molar-refractivity contribution < 1.29 is 29.6 Å². The fraction of sp³-hybridized carbons (Fsp3) is 0.900. The molecule has 0 aromatic rings. The van der Waals surface area contributed by atoms with Gasteiger partial charge in [0.05, 0.1) is 19.3 Å². The van der Waals surface area contributed by atoms with Gasteiger partial charge in [0.15, 0.2) is 6.10 Å². The van der Waals surface area contributed by atoms with Crippen molar-refractivity contribution in [2.45, 2.75) is 44.7 Å². The van der Waals surface area contributed by atoms with Gasteiger partial charge in [0, 0.05) is 13.0 Å². The summed E-state index contributed by atoms with van der Waals surface area (Å²) in [5, 5.41) is 27.7. The second-order valence-corrected chi connectivity index (χ2v) is 3.49. The molecule has 6 nitrogen and oxygen atoms in total. The van der Waals surface area contributed by atoms with Crippen LogP contribution in [0.1, 0.15) is 20.3 Å². The Morgan fingerprint density at radius 1 is 1.50 bits per heavy atom. The zero-order valence-corrected chi connectivity index (χ0v) is 8.50. The molecule has 4 unspecified atom stereocenters. The van der Waals surface area contributed by atoms with Crippen molar-refractivity contribution in [1.82, 2.24) is 0 Å². The smallest absolute Gasteiger partial charge is 0.335 e. The molecule has 0 saturated carbocycles. The van der Waals surface area contributed by atoms with Crippen LogP contribution in [0.25, 0.3) is 0 Å². The van der Waals surface area contributed by atoms with E-state index in [9.17, 15) is 15.0 Å². The van der Waals surface area contributed by atoms with Gasteiger partial charge in [-0.2, -0.15) is 0 Å². The van der Waals surface area contributed by atoms with Gasteiger partial charge < -0.3 is 24.8 Å². The minimum Gasteiger partial charge on any atom is -0.467 e. The lowest BCUT2D eigenvalue weighted by atomic mass is 9.96. The number of esters is 1. The molecule has 96 valence electrons. The zero-order valence-electron chi connectivity index (χ0n) is 8.50. The Kier molecular flexibility index (Phi) is 6.51. The van der Waals surface area contributed by atoms with Gasteiger partial charge in [0.25, 0.3) is 0 Å². The number of carbonyl (C=O) groups excluding carboxylic acids is 1. The quantitative estimate of drug-likeness (QED) is 0.547. The van der Waals surface area contributed by atoms with E-state index in [0.717, 1.165) is 0 Å². The Labute approximate surface area is 94.8 Å². The number of carbonyl (C=O) groups is 1. The van der Waals surface area contributed by atoms with Crippen molar-refractivity contribution in [2.75, 3.05) is 13.7 Å². The zero-order chi connectivity index (χ0) is 11.4. The van der Waals surface area contributed by atoms with E-state index in [1.165, 1.54) is 7.11 Å². The van der Waals surface area contributed by atoms with E-state index in [1.807, 2.05) is 0 Å². The highest BCUT2D eigenvalue weighted by Crippen LogP contribution is 2.23. The molecule has 0 aromatic heterocycles. The second-order valence-electron chi connectivity index (χ2n) is 3.49. The first-order valence-corrected chi connectivity index (χ1v) is 4.80. The number of rotatable bonds is 3. The van der Waals surface area contributed by atoms with E-state index in [-0.39, 0.29) is 26.9 Å². The predicted octanol–water partition coefficient (Wildman–Crippen LogP) is -0.943. The summed E-state index contributed by atoms with van der Waals surface area (Å²) < 4.78 is 9.70. The first kappa shape index (κ1) is 15.3. The molecule has 1 fully saturated rings. The molecule has 0 amide bonds. The molecule has 1 aliphatic heterocycles. The van der Waals surface area contributed by atoms with Gasteiger partial charge in [-0.05, 0) is 6.42 Å². The Bertz CT molecular complexity index is 219. The minimum atomic E-state index is -1.07. The van der Waals surface area contributed by atoms with E-state index in [2.05, 4.69) is 4.74 Å². The Morgan fingerprint density at radius 2 is 2.12 bits per heavy atom. The lowest BCUT2D eigenvalue weighted by Crippen LogP contribution is -2.51. The SMILES string of the molecule is C.COC(=O)C1CC(O)C(O)C(CCO)O1. The second kappa shape index (κ2) is 6.80. The average Bonchev–Trinajstić information content (AvgIpc) is 2.23. The molecule has 1 rings (SSSR count). The van der Waals surface area contributed by atoms with E-state index < -0.39 is 30.4 Å². The van der Waals surface area contributed by atoms with Gasteiger partial charge in [-0.25, -0.2) is 4.79 Å². The molecule has 0 aliphatic carbocycles. The van der Waals surface area contributed by atoms with E-state index in [4.69, 9.17) is 9.84 Å². The molecule has 0 radical (unpaired) electrons. The summed E-state index contributed by atoms with van der Waals surface area (Å²) in [6.07, 6.45) is -3.52. The van der Waals surface area contributed by atoms with Gasteiger partial charge in [-0.1, -0.05) is 7.43 Å². The first-order valence-electron chi connectivity index (χ1n) is 4.80. The predicted molar refractivity (Wildman–Crippen MR) is 55.7 cm³/mol. The molecular formula is C10H20O6. The third kappa shape index (κ3) is 3.41. The summed E-state index contributed by atoms with van der Waals surface area (Å²) in [4.78, 5) is 11.2. The van der Waals surface area contributed by atoms with Crippen molar-refractivity contribution in [1.29, 1.82) is 0 Å². The van der Waals surface area contributed by atoms with Crippen LogP contribution in [0.2, 0.25) is 0 Å². The van der Waals surface area contributed by atoms with Crippen LogP contribution in [-0.2, 0) is 14.3 Å². The average molecular weight is 236 g/mol. The fourth-order valence-electron chi connectivity index (χ4n) is 1.60. The standard InChI is InChI=1S/C9H16O6.CH4/c1-14-9(13)7-4-5(11)8(12)6(15-7)2-3-10;/h5-8,10-12H,2-4H2,1H3;1H4. The molecular weight excluding hydrogens is 216 g/mol. The minimum absolute atomic E-state index is 0. The normalized spacial score (nSPS) is 34.0. The number of ether oxygens (including phenoxy) is 2. The molecule has 6 heteroatoms. The fourth-order valence-corrected chi connectivity index (χ4v) is 1.60. The van der Waals surface area contributed by atoms with Crippen molar-refractivity contribution in [3.8, 4) is 0 Å². The summed E-state index contributed by atoms with van der Waals surface area (Å²) in [6, 6.07) is 0. The summed E-state index contributed by atoms with van der Waals surface area (Å²) in [7, 11) is 1.23. The van der Waals surface area contributed by atoms with Crippen LogP contribution in [-0.4, -0.2) is 59.4 Å². The van der Waals surface area contributed by atoms with Gasteiger partial charge in [-0.3, -0.25) is 0 Å². The maximum absolute atomic E-state index is 11.2. The Hall–Kier alpha value is -0.690. The largest absolute Gasteiger partial charge is 0.467 e. The van der Waals surface area contributed by atoms with Crippen molar-refractivity contribution in [3.63, 3.8) is 0 Å². The van der Waals surface area contributed by atoms with E-state index >= 15 is 0 Å². The first-order chi connectivity index (χ1) is 7.10. The highest BCUT2D eigenvalue weighted by atomic mass is 16.6. The van der Waals surface area contributed by atoms with Gasteiger partial charge in [0.1, 0.15) is 6.10 Å². The summed E-state index contributed by atoms with van der Waals surface area (Å²) in [5.74, 6) is -0.580. The van der Waals surface area contributed by atoms with Crippen LogP contribution in [0.3, 0.4) is 0 Å². The molecule has 16 heavy (non-hydrogen) atoms. The Balaban J connectivity index is 0.00000225. The summed E-state index contributed by atoms with van der Waals surface area (Å²) >= 11 is 0.